The van der Waals surface area contributed by atoms with E-state index in [4.69, 9.17) is 13.1 Å². The summed E-state index contributed by atoms with van der Waals surface area (Å²) >= 11 is 0. The molecule has 1 rings (SSSR count). The fourth-order valence-electron chi connectivity index (χ4n) is 1.99. The minimum absolute atomic E-state index is 0.114. The number of hydrogen-bond acceptors (Lipinski definition) is 9. The SMILES string of the molecule is CCOC(=O)c1ccc(N(CCOS(C)(=O)=O)CCOS(C)(=O)=O)cc1. The van der Waals surface area contributed by atoms with Gasteiger partial charge in [0, 0.05) is 18.8 Å². The molecule has 148 valence electrons. The molecule has 0 saturated carbocycles. The lowest BCUT2D eigenvalue weighted by molar-refractivity contribution is 0.0526. The highest BCUT2D eigenvalue weighted by molar-refractivity contribution is 7.86. The van der Waals surface area contributed by atoms with Gasteiger partial charge in [-0.05, 0) is 31.2 Å². The fourth-order valence-corrected chi connectivity index (χ4v) is 2.75. The Morgan fingerprint density at radius 1 is 0.923 bits per heavy atom. The number of hydrogen-bond donors (Lipinski definition) is 0. The first-order valence-electron chi connectivity index (χ1n) is 7.73. The maximum absolute atomic E-state index is 11.7. The molecule has 0 fully saturated rings. The van der Waals surface area contributed by atoms with Crippen LogP contribution in [0.25, 0.3) is 0 Å². The first-order chi connectivity index (χ1) is 12.0. The molecule has 0 aliphatic rings. The Labute approximate surface area is 154 Å². The van der Waals surface area contributed by atoms with Gasteiger partial charge in [0.05, 0.1) is 37.9 Å². The molecule has 9 nitrogen and oxygen atoms in total. The first-order valence-corrected chi connectivity index (χ1v) is 11.4. The fraction of sp³-hybridized carbons (Fsp3) is 0.533. The largest absolute Gasteiger partial charge is 0.462 e. The summed E-state index contributed by atoms with van der Waals surface area (Å²) in [7, 11) is -7.17. The van der Waals surface area contributed by atoms with E-state index in [0.717, 1.165) is 12.5 Å². The summed E-state index contributed by atoms with van der Waals surface area (Å²) < 4.78 is 58.7. The van der Waals surface area contributed by atoms with Gasteiger partial charge in [-0.3, -0.25) is 8.37 Å². The van der Waals surface area contributed by atoms with Gasteiger partial charge in [-0.1, -0.05) is 0 Å². The predicted octanol–water partition coefficient (Wildman–Crippen LogP) is 0.622. The number of carbonyl (C=O) groups is 1. The van der Waals surface area contributed by atoms with Gasteiger partial charge in [-0.2, -0.15) is 16.8 Å². The van der Waals surface area contributed by atoms with Gasteiger partial charge < -0.3 is 9.64 Å². The van der Waals surface area contributed by atoms with Crippen LogP contribution in [0, 0.1) is 0 Å². The molecular formula is C15H23NO8S2. The van der Waals surface area contributed by atoms with Crippen molar-refractivity contribution in [2.24, 2.45) is 0 Å². The summed E-state index contributed by atoms with van der Waals surface area (Å²) in [6.07, 6.45) is 1.89. The summed E-state index contributed by atoms with van der Waals surface area (Å²) in [6.45, 7) is 2.10. The molecule has 0 heterocycles. The highest BCUT2D eigenvalue weighted by Crippen LogP contribution is 2.16. The van der Waals surface area contributed by atoms with Crippen LogP contribution in [0.1, 0.15) is 17.3 Å². The van der Waals surface area contributed by atoms with Crippen LogP contribution < -0.4 is 4.90 Å². The molecule has 0 saturated heterocycles. The van der Waals surface area contributed by atoms with Gasteiger partial charge in [0.15, 0.2) is 0 Å². The third kappa shape index (κ3) is 9.13. The van der Waals surface area contributed by atoms with Crippen molar-refractivity contribution in [2.45, 2.75) is 6.92 Å². The average Bonchev–Trinajstić information content (AvgIpc) is 2.51. The zero-order chi connectivity index (χ0) is 19.8. The van der Waals surface area contributed by atoms with E-state index in [1.165, 1.54) is 0 Å². The van der Waals surface area contributed by atoms with Crippen LogP contribution in [0.4, 0.5) is 5.69 Å². The minimum Gasteiger partial charge on any atom is -0.462 e. The summed E-state index contributed by atoms with van der Waals surface area (Å²) in [4.78, 5) is 13.4. The maximum atomic E-state index is 11.7. The Morgan fingerprint density at radius 3 is 1.77 bits per heavy atom. The van der Waals surface area contributed by atoms with E-state index in [9.17, 15) is 21.6 Å². The molecule has 0 bridgehead atoms. The third-order valence-electron chi connectivity index (χ3n) is 3.06. The van der Waals surface area contributed by atoms with Crippen molar-refractivity contribution in [1.29, 1.82) is 0 Å². The van der Waals surface area contributed by atoms with E-state index in [1.807, 2.05) is 0 Å². The number of benzene rings is 1. The second-order valence-corrected chi connectivity index (χ2v) is 8.59. The smallest absolute Gasteiger partial charge is 0.338 e. The number of ether oxygens (including phenoxy) is 1. The molecule has 0 unspecified atom stereocenters. The van der Waals surface area contributed by atoms with Gasteiger partial charge >= 0.3 is 5.97 Å². The number of anilines is 1. The molecule has 0 aliphatic carbocycles. The van der Waals surface area contributed by atoms with Crippen LogP contribution in [-0.2, 0) is 33.3 Å². The molecule has 0 radical (unpaired) electrons. The Hall–Kier alpha value is -1.69. The Morgan fingerprint density at radius 2 is 1.38 bits per heavy atom. The van der Waals surface area contributed by atoms with Crippen LogP contribution in [0.15, 0.2) is 24.3 Å². The summed E-state index contributed by atoms with van der Waals surface area (Å²) in [6, 6.07) is 6.42. The minimum atomic E-state index is -3.58. The van der Waals surface area contributed by atoms with Crippen molar-refractivity contribution in [1.82, 2.24) is 0 Å². The molecule has 11 heteroatoms. The molecular weight excluding hydrogens is 386 g/mol. The van der Waals surface area contributed by atoms with Crippen LogP contribution in [0.2, 0.25) is 0 Å². The van der Waals surface area contributed by atoms with E-state index in [1.54, 1.807) is 36.1 Å². The molecule has 0 aliphatic heterocycles. The standard InChI is InChI=1S/C15H23NO8S2/c1-4-22-15(17)13-5-7-14(8-6-13)16(9-11-23-25(2,18)19)10-12-24-26(3,20)21/h5-8H,4,9-12H2,1-3H3. The topological polar surface area (TPSA) is 116 Å². The van der Waals surface area contributed by atoms with Crippen molar-refractivity contribution >= 4 is 31.9 Å². The Balaban J connectivity index is 2.82. The molecule has 0 N–H and O–H groups in total. The molecule has 0 spiro atoms. The lowest BCUT2D eigenvalue weighted by Crippen LogP contribution is -2.32. The third-order valence-corrected chi connectivity index (χ3v) is 4.25. The van der Waals surface area contributed by atoms with Crippen LogP contribution in [-0.4, -0.2) is 68.2 Å². The van der Waals surface area contributed by atoms with E-state index in [-0.39, 0.29) is 32.9 Å². The van der Waals surface area contributed by atoms with Gasteiger partial charge in [-0.15, -0.1) is 0 Å². The van der Waals surface area contributed by atoms with E-state index >= 15 is 0 Å². The quantitative estimate of drug-likeness (QED) is 0.383. The van der Waals surface area contributed by atoms with Crippen LogP contribution in [0.5, 0.6) is 0 Å². The van der Waals surface area contributed by atoms with Gasteiger partial charge in [0.1, 0.15) is 0 Å². The molecule has 1 aromatic rings. The molecule has 0 amide bonds. The second kappa shape index (κ2) is 9.86. The Kier molecular flexibility index (Phi) is 8.47. The summed E-state index contributed by atoms with van der Waals surface area (Å²) in [5.41, 5.74) is 1.02. The van der Waals surface area contributed by atoms with Crippen LogP contribution >= 0.6 is 0 Å². The highest BCUT2D eigenvalue weighted by Gasteiger charge is 2.12. The van der Waals surface area contributed by atoms with Crippen molar-refractivity contribution in [2.75, 3.05) is 50.3 Å². The van der Waals surface area contributed by atoms with Crippen molar-refractivity contribution in [3.63, 3.8) is 0 Å². The number of rotatable bonds is 11. The summed E-state index contributed by atoms with van der Waals surface area (Å²) in [5.74, 6) is -0.452. The monoisotopic (exact) mass is 409 g/mol. The zero-order valence-electron chi connectivity index (χ0n) is 14.9. The van der Waals surface area contributed by atoms with Crippen molar-refractivity contribution in [3.8, 4) is 0 Å². The zero-order valence-corrected chi connectivity index (χ0v) is 16.5. The van der Waals surface area contributed by atoms with Gasteiger partial charge in [0.25, 0.3) is 20.2 Å². The maximum Gasteiger partial charge on any atom is 0.338 e. The number of nitrogens with zero attached hydrogens (tertiary/aromatic N) is 1. The molecule has 0 aromatic heterocycles. The van der Waals surface area contributed by atoms with Crippen molar-refractivity contribution < 1.29 is 34.7 Å². The predicted molar refractivity (Wildman–Crippen MR) is 96.2 cm³/mol. The number of esters is 1. The van der Waals surface area contributed by atoms with Gasteiger partial charge in [-0.25, -0.2) is 4.79 Å². The lowest BCUT2D eigenvalue weighted by atomic mass is 10.2. The lowest BCUT2D eigenvalue weighted by Gasteiger charge is -2.24. The molecule has 1 aromatic carbocycles. The highest BCUT2D eigenvalue weighted by atomic mass is 32.2. The Bertz CT molecular complexity index is 749. The average molecular weight is 409 g/mol. The van der Waals surface area contributed by atoms with Crippen LogP contribution in [0.3, 0.4) is 0 Å². The normalized spacial score (nSPS) is 12.0. The molecule has 0 atom stereocenters. The van der Waals surface area contributed by atoms with E-state index < -0.39 is 26.2 Å². The molecule has 26 heavy (non-hydrogen) atoms. The van der Waals surface area contributed by atoms with E-state index in [0.29, 0.717) is 11.3 Å². The van der Waals surface area contributed by atoms with Gasteiger partial charge in [0.2, 0.25) is 0 Å². The second-order valence-electron chi connectivity index (χ2n) is 5.31. The van der Waals surface area contributed by atoms with E-state index in [2.05, 4.69) is 0 Å². The number of carbonyl (C=O) groups excluding carboxylic acids is 1. The van der Waals surface area contributed by atoms with Crippen molar-refractivity contribution in [3.05, 3.63) is 29.8 Å². The first kappa shape index (κ1) is 22.4. The summed E-state index contributed by atoms with van der Waals surface area (Å²) in [5, 5.41) is 0.